The molecule has 2 aromatic heterocycles. The molecule has 0 bridgehead atoms. The number of ether oxygens (including phenoxy) is 3. The van der Waals surface area contributed by atoms with E-state index in [1.807, 2.05) is 13.2 Å². The molecule has 1 N–H and O–H groups in total. The van der Waals surface area contributed by atoms with Gasteiger partial charge in [0.25, 0.3) is 0 Å². The largest absolute Gasteiger partial charge is 0.496 e. The van der Waals surface area contributed by atoms with Gasteiger partial charge in [-0.15, -0.1) is 0 Å². The van der Waals surface area contributed by atoms with Crippen molar-refractivity contribution in [1.29, 1.82) is 0 Å². The van der Waals surface area contributed by atoms with E-state index in [1.165, 1.54) is 47.9 Å². The number of para-hydroxylation sites is 2. The third-order valence-electron chi connectivity index (χ3n) is 15.4. The van der Waals surface area contributed by atoms with Gasteiger partial charge in [-0.25, -0.2) is 19.9 Å². The predicted octanol–water partition coefficient (Wildman–Crippen LogP) is 9.60. The minimum Gasteiger partial charge on any atom is -0.496 e. The van der Waals surface area contributed by atoms with Crippen LogP contribution in [-0.4, -0.2) is 111 Å². The molecule has 2 aliphatic carbocycles. The molecule has 0 radical (unpaired) electrons. The highest BCUT2D eigenvalue weighted by Gasteiger charge is 2.33. The highest BCUT2D eigenvalue weighted by atomic mass is 16.5. The first-order chi connectivity index (χ1) is 32.9. The molecular formula is C55H66N8O4. The molecule has 2 atom stereocenters. The van der Waals surface area contributed by atoms with Gasteiger partial charge in [0.1, 0.15) is 34.8 Å². The van der Waals surface area contributed by atoms with Crippen LogP contribution in [0.2, 0.25) is 0 Å². The summed E-state index contributed by atoms with van der Waals surface area (Å²) in [7, 11) is 5.35. The normalized spacial score (nSPS) is 21.6. The third-order valence-corrected chi connectivity index (χ3v) is 15.4. The zero-order valence-corrected chi connectivity index (χ0v) is 39.5. The fourth-order valence-electron chi connectivity index (χ4n) is 11.1. The van der Waals surface area contributed by atoms with Gasteiger partial charge in [-0.3, -0.25) is 0 Å². The lowest BCUT2D eigenvalue weighted by Crippen LogP contribution is -2.34. The summed E-state index contributed by atoms with van der Waals surface area (Å²) in [4.78, 5) is 29.9. The molecule has 6 fully saturated rings. The Balaban J connectivity index is 0.000000148. The zero-order valence-electron chi connectivity index (χ0n) is 39.5. The van der Waals surface area contributed by atoms with Crippen LogP contribution in [0.3, 0.4) is 0 Å². The van der Waals surface area contributed by atoms with E-state index < -0.39 is 0 Å². The molecule has 2 saturated carbocycles. The molecule has 6 heterocycles. The lowest BCUT2D eigenvalue weighted by atomic mass is 9.88. The standard InChI is InChI=1S/C28H34N4O2.C27H32N4O2/c1-33-22-13-16-32(18-22)21-9-10-25-24(17-21)28(30-27(29-25)20-7-8-20)31-14-11-19(12-15-31)23-5-3-4-6-26(23)34-2;1-33-25-5-3-2-4-22(25)18-10-13-30(14-11-18)27-23-16-20(31-15-12-21(32)17-31)8-9-24(23)28-26(29-27)19-6-7-19/h3-6,9-10,17,19-20,22H,7-8,11-16,18H2,1-2H3;2-5,8-9,16,18-19,21,32H,6-7,10-15,17H2,1H3/t22-;21-/m00/s1. The van der Waals surface area contributed by atoms with Crippen LogP contribution >= 0.6 is 0 Å². The van der Waals surface area contributed by atoms with Gasteiger partial charge >= 0.3 is 0 Å². The van der Waals surface area contributed by atoms with Crippen molar-refractivity contribution in [1.82, 2.24) is 19.9 Å². The van der Waals surface area contributed by atoms with Gasteiger partial charge in [-0.05, 0) is 136 Å². The smallest absolute Gasteiger partial charge is 0.140 e. The Morgan fingerprint density at radius 2 is 0.910 bits per heavy atom. The molecule has 4 saturated heterocycles. The Kier molecular flexibility index (Phi) is 12.5. The average molecular weight is 903 g/mol. The second kappa shape index (κ2) is 19.1. The Labute approximate surface area is 395 Å². The van der Waals surface area contributed by atoms with Crippen molar-refractivity contribution in [2.75, 3.05) is 93.3 Å². The number of rotatable bonds is 11. The Morgan fingerprint density at radius 1 is 0.463 bits per heavy atom. The molecule has 350 valence electrons. The number of piperidine rings is 2. The average Bonchev–Trinajstić information content (AvgIpc) is 4.33. The van der Waals surface area contributed by atoms with Crippen LogP contribution in [-0.2, 0) is 4.74 Å². The highest BCUT2D eigenvalue weighted by molar-refractivity contribution is 5.93. The van der Waals surface area contributed by atoms with Crippen molar-refractivity contribution >= 4 is 44.8 Å². The van der Waals surface area contributed by atoms with Crippen LogP contribution < -0.4 is 29.1 Å². The summed E-state index contributed by atoms with van der Waals surface area (Å²) in [6, 6.07) is 30.2. The minimum atomic E-state index is -0.234. The summed E-state index contributed by atoms with van der Waals surface area (Å²) in [6.07, 6.45) is 11.2. The number of benzene rings is 4. The number of hydrogen-bond donors (Lipinski definition) is 1. The van der Waals surface area contributed by atoms with Gasteiger partial charge < -0.3 is 38.9 Å². The maximum Gasteiger partial charge on any atom is 0.140 e. The summed E-state index contributed by atoms with van der Waals surface area (Å²) < 4.78 is 16.9. The second-order valence-electron chi connectivity index (χ2n) is 19.7. The molecule has 4 aliphatic heterocycles. The lowest BCUT2D eigenvalue weighted by molar-refractivity contribution is 0.121. The molecule has 12 rings (SSSR count). The Morgan fingerprint density at radius 3 is 1.33 bits per heavy atom. The second-order valence-corrected chi connectivity index (χ2v) is 19.7. The van der Waals surface area contributed by atoms with E-state index in [-0.39, 0.29) is 6.10 Å². The van der Waals surface area contributed by atoms with Crippen LogP contribution in [0.5, 0.6) is 11.5 Å². The van der Waals surface area contributed by atoms with Crippen LogP contribution in [0.25, 0.3) is 21.8 Å². The topological polar surface area (TPSA) is 112 Å². The van der Waals surface area contributed by atoms with Crippen molar-refractivity contribution in [2.45, 2.75) is 100 Å². The quantitative estimate of drug-likeness (QED) is 0.134. The van der Waals surface area contributed by atoms with Crippen molar-refractivity contribution in [2.24, 2.45) is 0 Å². The predicted molar refractivity (Wildman–Crippen MR) is 268 cm³/mol. The number of fused-ring (bicyclic) bond motifs is 2. The van der Waals surface area contributed by atoms with E-state index in [1.54, 1.807) is 14.2 Å². The third kappa shape index (κ3) is 9.31. The molecule has 12 heteroatoms. The van der Waals surface area contributed by atoms with Crippen molar-refractivity contribution in [3.8, 4) is 11.5 Å². The van der Waals surface area contributed by atoms with Gasteiger partial charge in [-0.1, -0.05) is 36.4 Å². The number of aliphatic hydroxyl groups excluding tert-OH is 1. The monoisotopic (exact) mass is 903 g/mol. The maximum atomic E-state index is 10.0. The van der Waals surface area contributed by atoms with Crippen molar-refractivity contribution < 1.29 is 19.3 Å². The number of aliphatic hydroxyl groups is 1. The molecule has 0 spiro atoms. The number of methoxy groups -OCH3 is 3. The van der Waals surface area contributed by atoms with E-state index in [0.29, 0.717) is 36.3 Å². The van der Waals surface area contributed by atoms with Crippen LogP contribution in [0.15, 0.2) is 84.9 Å². The fourth-order valence-corrected chi connectivity index (χ4v) is 11.1. The van der Waals surface area contributed by atoms with Crippen LogP contribution in [0.1, 0.15) is 111 Å². The SMILES string of the molecule is COc1ccccc1C1CCN(c2nc(C3CC3)nc3ccc(N4CC[C@H](O)C4)cc23)CC1.COc1ccccc1C1CCN(c2nc(C3CC3)nc3ccc(N4CC[C@H](OC)C4)cc23)CC1. The maximum absolute atomic E-state index is 10.0. The first-order valence-corrected chi connectivity index (χ1v) is 25.0. The first-order valence-electron chi connectivity index (χ1n) is 25.0. The number of β-amino-alcohol motifs (C(OH)–C–C–N with tert-alkyl or cyclic N) is 1. The number of aromatic nitrogens is 4. The first kappa shape index (κ1) is 43.8. The van der Waals surface area contributed by atoms with Gasteiger partial charge in [-0.2, -0.15) is 0 Å². The lowest BCUT2D eigenvalue weighted by Gasteiger charge is -2.34. The molecule has 6 aliphatic rings. The van der Waals surface area contributed by atoms with Gasteiger partial charge in [0.05, 0.1) is 37.5 Å². The van der Waals surface area contributed by atoms with E-state index in [9.17, 15) is 5.11 Å². The van der Waals surface area contributed by atoms with E-state index in [2.05, 4.69) is 98.5 Å². The summed E-state index contributed by atoms with van der Waals surface area (Å²) in [5.41, 5.74) is 7.18. The fraction of sp³-hybridized carbons (Fsp3) is 0.491. The molecule has 67 heavy (non-hydrogen) atoms. The minimum absolute atomic E-state index is 0.234. The Bertz CT molecular complexity index is 2690. The highest BCUT2D eigenvalue weighted by Crippen LogP contribution is 2.44. The molecular weight excluding hydrogens is 837 g/mol. The summed E-state index contributed by atoms with van der Waals surface area (Å²) >= 11 is 0. The van der Waals surface area contributed by atoms with E-state index >= 15 is 0 Å². The summed E-state index contributed by atoms with van der Waals surface area (Å²) in [5.74, 6) is 8.34. The van der Waals surface area contributed by atoms with Gasteiger partial charge in [0, 0.05) is 93.5 Å². The summed E-state index contributed by atoms with van der Waals surface area (Å²) in [6.45, 7) is 7.53. The molecule has 6 aromatic rings. The van der Waals surface area contributed by atoms with Crippen molar-refractivity contribution in [3.63, 3.8) is 0 Å². The van der Waals surface area contributed by atoms with E-state index in [0.717, 1.165) is 141 Å². The zero-order chi connectivity index (χ0) is 45.4. The van der Waals surface area contributed by atoms with Crippen molar-refractivity contribution in [3.05, 3.63) is 108 Å². The molecule has 12 nitrogen and oxygen atoms in total. The van der Waals surface area contributed by atoms with E-state index in [4.69, 9.17) is 34.1 Å². The van der Waals surface area contributed by atoms with Gasteiger partial charge in [0.2, 0.25) is 0 Å². The molecule has 0 unspecified atom stereocenters. The number of anilines is 4. The number of hydrogen-bond acceptors (Lipinski definition) is 12. The van der Waals surface area contributed by atoms with Crippen LogP contribution in [0, 0.1) is 0 Å². The van der Waals surface area contributed by atoms with Gasteiger partial charge in [0.15, 0.2) is 0 Å². The van der Waals surface area contributed by atoms with Crippen LogP contribution in [0.4, 0.5) is 23.0 Å². The molecule has 4 aromatic carbocycles. The summed E-state index contributed by atoms with van der Waals surface area (Å²) in [5, 5.41) is 12.3. The Hall–Kier alpha value is -5.72. The molecule has 0 amide bonds. The number of nitrogens with zero attached hydrogens (tertiary/aromatic N) is 8.